The Bertz CT molecular complexity index is 877. The van der Waals surface area contributed by atoms with Gasteiger partial charge in [0, 0.05) is 17.8 Å². The van der Waals surface area contributed by atoms with E-state index in [1.807, 2.05) is 0 Å². The molecule has 0 saturated carbocycles. The minimum atomic E-state index is -1.15. The molecule has 2 N–H and O–H groups in total. The number of thiocarbonyl (C=S) groups is 1. The first-order valence-corrected chi connectivity index (χ1v) is 9.15. The molecule has 3 amide bonds. The van der Waals surface area contributed by atoms with E-state index in [4.69, 9.17) is 26.4 Å². The van der Waals surface area contributed by atoms with Crippen molar-refractivity contribution < 1.29 is 28.6 Å². The number of carbonyl (C=O) groups excluding carboxylic acids is 3. The molecule has 10 nitrogen and oxygen atoms in total. The number of ether oxygens (including phenoxy) is 3. The highest BCUT2D eigenvalue weighted by atomic mass is 32.1. The third kappa shape index (κ3) is 3.36. The van der Waals surface area contributed by atoms with Gasteiger partial charge < -0.3 is 19.5 Å². The number of fused-ring (bicyclic) bond motifs is 1. The predicted molar refractivity (Wildman–Crippen MR) is 107 cm³/mol. The van der Waals surface area contributed by atoms with Crippen LogP contribution in [0.5, 0.6) is 17.2 Å². The Balaban J connectivity index is 1.92. The van der Waals surface area contributed by atoms with Gasteiger partial charge >= 0.3 is 0 Å². The smallest absolute Gasteiger partial charge is 0.248 e. The van der Waals surface area contributed by atoms with Gasteiger partial charge in [0.1, 0.15) is 11.6 Å². The largest absolute Gasteiger partial charge is 0.493 e. The van der Waals surface area contributed by atoms with Gasteiger partial charge in [-0.15, -0.1) is 0 Å². The second-order valence-corrected chi connectivity index (χ2v) is 7.38. The molecule has 0 aromatic heterocycles. The number of nitrogens with zero attached hydrogens (tertiary/aromatic N) is 2. The fourth-order valence-corrected chi connectivity index (χ4v) is 3.72. The van der Waals surface area contributed by atoms with Crippen molar-refractivity contribution in [3.8, 4) is 17.2 Å². The SMILES string of the molecule is COc1cc(NC(=O)[C@@H]2CC(=O)N3C(=S)NC(=O)C(C)(C)N23)cc(OC)c1OC. The molecule has 2 fully saturated rings. The summed E-state index contributed by atoms with van der Waals surface area (Å²) in [4.78, 5) is 37.9. The summed E-state index contributed by atoms with van der Waals surface area (Å²) in [6.07, 6.45) is -0.116. The zero-order valence-electron chi connectivity index (χ0n) is 16.7. The van der Waals surface area contributed by atoms with Gasteiger partial charge in [0.2, 0.25) is 23.5 Å². The Kier molecular flexibility index (Phi) is 5.37. The van der Waals surface area contributed by atoms with E-state index in [1.54, 1.807) is 26.0 Å². The lowest BCUT2D eigenvalue weighted by molar-refractivity contribution is -0.154. The predicted octanol–water partition coefficient (Wildman–Crippen LogP) is 0.662. The van der Waals surface area contributed by atoms with Crippen LogP contribution in [0.15, 0.2) is 12.1 Å². The number of hydrazine groups is 1. The van der Waals surface area contributed by atoms with E-state index in [0.717, 1.165) is 0 Å². The lowest BCUT2D eigenvalue weighted by atomic mass is 10.00. The van der Waals surface area contributed by atoms with E-state index in [2.05, 4.69) is 10.6 Å². The van der Waals surface area contributed by atoms with Crippen molar-refractivity contribution in [3.05, 3.63) is 12.1 Å². The first kappa shape index (κ1) is 20.8. The summed E-state index contributed by atoms with van der Waals surface area (Å²) in [5, 5.41) is 7.81. The van der Waals surface area contributed by atoms with Crippen LogP contribution in [0.3, 0.4) is 0 Å². The highest BCUT2D eigenvalue weighted by molar-refractivity contribution is 7.80. The number of hydrogen-bond donors (Lipinski definition) is 2. The number of nitrogens with one attached hydrogen (secondary N) is 2. The van der Waals surface area contributed by atoms with Gasteiger partial charge in [-0.1, -0.05) is 0 Å². The van der Waals surface area contributed by atoms with Crippen LogP contribution in [0.4, 0.5) is 5.69 Å². The maximum atomic E-state index is 13.1. The Morgan fingerprint density at radius 1 is 1.17 bits per heavy atom. The van der Waals surface area contributed by atoms with Crippen LogP contribution < -0.4 is 24.8 Å². The average molecular weight is 422 g/mol. The number of rotatable bonds is 5. The number of methoxy groups -OCH3 is 3. The van der Waals surface area contributed by atoms with E-state index in [-0.39, 0.29) is 23.3 Å². The Hall–Kier alpha value is -2.92. The number of hydrogen-bond acceptors (Lipinski definition) is 8. The first-order chi connectivity index (χ1) is 13.6. The molecule has 3 rings (SSSR count). The van der Waals surface area contributed by atoms with Crippen LogP contribution in [-0.2, 0) is 14.4 Å². The summed E-state index contributed by atoms with van der Waals surface area (Å²) >= 11 is 5.12. The molecule has 29 heavy (non-hydrogen) atoms. The van der Waals surface area contributed by atoms with Crippen LogP contribution in [-0.4, -0.2) is 65.8 Å². The van der Waals surface area contributed by atoms with Crippen molar-refractivity contribution in [1.82, 2.24) is 15.3 Å². The monoisotopic (exact) mass is 422 g/mol. The lowest BCUT2D eigenvalue weighted by Gasteiger charge is -2.45. The lowest BCUT2D eigenvalue weighted by Crippen LogP contribution is -2.71. The molecule has 156 valence electrons. The van der Waals surface area contributed by atoms with Crippen molar-refractivity contribution in [3.63, 3.8) is 0 Å². The van der Waals surface area contributed by atoms with Crippen molar-refractivity contribution in [2.75, 3.05) is 26.6 Å². The summed E-state index contributed by atoms with van der Waals surface area (Å²) in [6.45, 7) is 3.24. The Labute approximate surface area is 173 Å². The highest BCUT2D eigenvalue weighted by Crippen LogP contribution is 2.40. The normalized spacial score (nSPS) is 20.8. The van der Waals surface area contributed by atoms with E-state index in [0.29, 0.717) is 22.9 Å². The first-order valence-electron chi connectivity index (χ1n) is 8.74. The zero-order valence-corrected chi connectivity index (χ0v) is 17.5. The molecular weight excluding hydrogens is 400 g/mol. The number of amides is 3. The molecule has 0 aliphatic carbocycles. The number of carbonyl (C=O) groups is 3. The van der Waals surface area contributed by atoms with E-state index < -0.39 is 17.5 Å². The van der Waals surface area contributed by atoms with Crippen LogP contribution in [0.2, 0.25) is 0 Å². The second-order valence-electron chi connectivity index (χ2n) is 6.99. The number of benzene rings is 1. The molecule has 1 atom stereocenters. The van der Waals surface area contributed by atoms with Gasteiger partial charge in [-0.05, 0) is 26.1 Å². The number of anilines is 1. The van der Waals surface area contributed by atoms with Crippen LogP contribution in [0.1, 0.15) is 20.3 Å². The molecule has 2 aliphatic rings. The van der Waals surface area contributed by atoms with Gasteiger partial charge in [-0.3, -0.25) is 19.7 Å². The minimum absolute atomic E-state index is 0.0394. The van der Waals surface area contributed by atoms with Gasteiger partial charge in [-0.2, -0.15) is 5.01 Å². The van der Waals surface area contributed by atoms with Gasteiger partial charge in [0.15, 0.2) is 16.6 Å². The van der Waals surface area contributed by atoms with Crippen LogP contribution >= 0.6 is 12.2 Å². The minimum Gasteiger partial charge on any atom is -0.493 e. The van der Waals surface area contributed by atoms with E-state index in [9.17, 15) is 14.4 Å². The van der Waals surface area contributed by atoms with Gasteiger partial charge in [0.25, 0.3) is 0 Å². The maximum Gasteiger partial charge on any atom is 0.248 e. The molecule has 0 radical (unpaired) electrons. The van der Waals surface area contributed by atoms with Crippen molar-refractivity contribution in [2.45, 2.75) is 31.8 Å². The summed E-state index contributed by atoms with van der Waals surface area (Å²) in [6, 6.07) is 2.24. The molecular formula is C18H22N4O6S. The maximum absolute atomic E-state index is 13.1. The average Bonchev–Trinajstić information content (AvgIpc) is 3.04. The standard InChI is InChI=1S/C18H22N4O6S/c1-18(2)16(25)20-17(29)21-13(23)8-10(22(18)21)15(24)19-9-6-11(26-3)14(28-5)12(7-9)27-4/h6-7,10H,8H2,1-5H3,(H,19,24)(H,20,25,29)/t10-/m0/s1. The van der Waals surface area contributed by atoms with Crippen molar-refractivity contribution in [1.29, 1.82) is 0 Å². The third-order valence-electron chi connectivity index (χ3n) is 4.89. The molecule has 2 aliphatic heterocycles. The topological polar surface area (TPSA) is 109 Å². The highest BCUT2D eigenvalue weighted by Gasteiger charge is 2.56. The van der Waals surface area contributed by atoms with Gasteiger partial charge in [0.05, 0.1) is 27.8 Å². The van der Waals surface area contributed by atoms with Crippen molar-refractivity contribution in [2.24, 2.45) is 0 Å². The van der Waals surface area contributed by atoms with Gasteiger partial charge in [-0.25, -0.2) is 5.01 Å². The summed E-state index contributed by atoms with van der Waals surface area (Å²) in [7, 11) is 4.40. The van der Waals surface area contributed by atoms with Crippen molar-refractivity contribution >= 4 is 40.7 Å². The molecule has 0 spiro atoms. The fourth-order valence-electron chi connectivity index (χ4n) is 3.44. The molecule has 0 unspecified atom stereocenters. The summed E-state index contributed by atoms with van der Waals surface area (Å²) < 4.78 is 15.9. The summed E-state index contributed by atoms with van der Waals surface area (Å²) in [5.41, 5.74) is -0.761. The Morgan fingerprint density at radius 2 is 1.76 bits per heavy atom. The quantitative estimate of drug-likeness (QED) is 0.666. The molecule has 11 heteroatoms. The fraction of sp³-hybridized carbons (Fsp3) is 0.444. The molecule has 2 saturated heterocycles. The van der Waals surface area contributed by atoms with Crippen LogP contribution in [0.25, 0.3) is 0 Å². The summed E-state index contributed by atoms with van der Waals surface area (Å²) in [5.74, 6) is -0.113. The second kappa shape index (κ2) is 7.48. The molecule has 0 bridgehead atoms. The Morgan fingerprint density at radius 3 is 2.28 bits per heavy atom. The van der Waals surface area contributed by atoms with E-state index in [1.165, 1.54) is 31.3 Å². The third-order valence-corrected chi connectivity index (χ3v) is 5.17. The van der Waals surface area contributed by atoms with Crippen LogP contribution in [0, 0.1) is 0 Å². The molecule has 2 heterocycles. The zero-order chi connectivity index (χ0) is 21.5. The van der Waals surface area contributed by atoms with E-state index >= 15 is 0 Å². The molecule has 1 aromatic carbocycles. The molecule has 1 aromatic rings.